The van der Waals surface area contributed by atoms with Gasteiger partial charge in [0, 0.05) is 12.3 Å². The fourth-order valence-corrected chi connectivity index (χ4v) is 2.44. The van der Waals surface area contributed by atoms with E-state index in [-0.39, 0.29) is 16.9 Å². The van der Waals surface area contributed by atoms with E-state index in [9.17, 15) is 15.0 Å². The smallest absolute Gasteiger partial charge is 0.251 e. The van der Waals surface area contributed by atoms with Crippen LogP contribution >= 0.6 is 20.7 Å². The van der Waals surface area contributed by atoms with Crippen molar-refractivity contribution in [3.63, 3.8) is 0 Å². The highest BCUT2D eigenvalue weighted by Crippen LogP contribution is 2.31. The van der Waals surface area contributed by atoms with E-state index in [4.69, 9.17) is 31.9 Å². The zero-order valence-electron chi connectivity index (χ0n) is 10.1. The molecule has 1 aromatic rings. The van der Waals surface area contributed by atoms with E-state index in [0.29, 0.717) is 0 Å². The number of aliphatic hydroxyl groups excluding tert-OH is 2. The third-order valence-electron chi connectivity index (χ3n) is 2.83. The van der Waals surface area contributed by atoms with Crippen molar-refractivity contribution in [1.82, 2.24) is 9.55 Å². The summed E-state index contributed by atoms with van der Waals surface area (Å²) in [5.41, 5.74) is 4.69. The maximum atomic E-state index is 11.1. The predicted octanol–water partition coefficient (Wildman–Crippen LogP) is -1.28. The number of H-pyrrole nitrogens is 1. The summed E-state index contributed by atoms with van der Waals surface area (Å²) in [4.78, 5) is 22.4. The third kappa shape index (κ3) is 3.30. The summed E-state index contributed by atoms with van der Waals surface area (Å²) in [6, 6.07) is 1.22. The summed E-state index contributed by atoms with van der Waals surface area (Å²) in [7, 11) is -2.08. The Labute approximate surface area is 119 Å². The quantitative estimate of drug-likeness (QED) is 0.340. The molecule has 0 radical (unpaired) electrons. The maximum absolute atomic E-state index is 11.1. The van der Waals surface area contributed by atoms with Crippen molar-refractivity contribution >= 4 is 20.7 Å². The number of rotatable bonds is 4. The second-order valence-corrected chi connectivity index (χ2v) is 5.41. The van der Waals surface area contributed by atoms with Gasteiger partial charge in [0.15, 0.2) is 11.0 Å². The molecular weight excluding hydrogens is 309 g/mol. The van der Waals surface area contributed by atoms with Crippen LogP contribution in [-0.4, -0.2) is 49.6 Å². The first-order valence-corrected chi connectivity index (χ1v) is 7.29. The van der Waals surface area contributed by atoms with E-state index in [0.717, 1.165) is 0 Å². The molecule has 0 spiro atoms. The Morgan fingerprint density at radius 1 is 1.55 bits per heavy atom. The van der Waals surface area contributed by atoms with Crippen LogP contribution < -0.4 is 11.1 Å². The topological polar surface area (TPSA) is 143 Å². The fourth-order valence-electron chi connectivity index (χ4n) is 1.87. The van der Waals surface area contributed by atoms with E-state index in [1.807, 2.05) is 0 Å². The number of nitrogens with one attached hydrogen (secondary N) is 1. The molecule has 0 aromatic carbocycles. The normalized spacial score (nSPS) is 31.4. The first kappa shape index (κ1) is 15.7. The van der Waals surface area contributed by atoms with Crippen LogP contribution in [0.25, 0.3) is 0 Å². The van der Waals surface area contributed by atoms with Crippen molar-refractivity contribution < 1.29 is 24.4 Å². The number of aromatic amines is 1. The van der Waals surface area contributed by atoms with Crippen LogP contribution in [0.2, 0.25) is 0 Å². The molecule has 1 saturated heterocycles. The lowest BCUT2D eigenvalue weighted by Gasteiger charge is -2.18. The van der Waals surface area contributed by atoms with Crippen molar-refractivity contribution in [3.05, 3.63) is 27.4 Å². The van der Waals surface area contributed by atoms with E-state index < -0.39 is 33.1 Å². The number of nitrogens with zero attached hydrogens (tertiary/aromatic N) is 1. The first-order chi connectivity index (χ1) is 9.40. The predicted molar refractivity (Wildman–Crippen MR) is 71.1 cm³/mol. The van der Waals surface area contributed by atoms with Crippen molar-refractivity contribution in [1.29, 1.82) is 0 Å². The minimum absolute atomic E-state index is 0.0542. The second kappa shape index (κ2) is 6.37. The molecular formula is C9H14N3O6PS. The Kier molecular flexibility index (Phi) is 4.99. The number of hydrogen-bond acceptors (Lipinski definition) is 8. The zero-order chi connectivity index (χ0) is 14.9. The average molecular weight is 323 g/mol. The van der Waals surface area contributed by atoms with Crippen molar-refractivity contribution in [2.24, 2.45) is 5.50 Å². The van der Waals surface area contributed by atoms with Gasteiger partial charge in [-0.1, -0.05) is 0 Å². The van der Waals surface area contributed by atoms with Crippen LogP contribution in [0.15, 0.2) is 17.1 Å². The monoisotopic (exact) mass is 323 g/mol. The van der Waals surface area contributed by atoms with Crippen molar-refractivity contribution in [2.45, 2.75) is 24.5 Å². The van der Waals surface area contributed by atoms with Gasteiger partial charge in [-0.05, 0) is 12.2 Å². The molecule has 20 heavy (non-hydrogen) atoms. The minimum atomic E-state index is -2.08. The molecule has 0 amide bonds. The van der Waals surface area contributed by atoms with Gasteiger partial charge in [-0.2, -0.15) is 0 Å². The van der Waals surface area contributed by atoms with Crippen LogP contribution in [-0.2, 0) is 9.26 Å². The molecule has 5 atom stereocenters. The molecule has 1 aromatic heterocycles. The first-order valence-electron chi connectivity index (χ1n) is 5.60. The molecule has 9 nitrogen and oxygen atoms in total. The lowest BCUT2D eigenvalue weighted by molar-refractivity contribution is -0.0504. The molecule has 0 aliphatic carbocycles. The number of hydrogen-bond donors (Lipinski definition) is 5. The van der Waals surface area contributed by atoms with Gasteiger partial charge in [0.05, 0.1) is 6.61 Å². The lowest BCUT2D eigenvalue weighted by Crippen LogP contribution is -2.34. The lowest BCUT2D eigenvalue weighted by atomic mass is 10.1. The molecule has 1 aliphatic heterocycles. The van der Waals surface area contributed by atoms with Gasteiger partial charge < -0.3 is 24.4 Å². The highest BCUT2D eigenvalue weighted by Gasteiger charge is 2.44. The summed E-state index contributed by atoms with van der Waals surface area (Å²) < 4.78 is 11.6. The fraction of sp³-hybridized carbons (Fsp3) is 0.556. The maximum Gasteiger partial charge on any atom is 0.251 e. The van der Waals surface area contributed by atoms with Gasteiger partial charge in [-0.3, -0.25) is 19.8 Å². The molecule has 2 rings (SSSR count). The Morgan fingerprint density at radius 2 is 2.25 bits per heavy atom. The summed E-state index contributed by atoms with van der Waals surface area (Å²) in [5.74, 6) is 0. The highest BCUT2D eigenvalue weighted by atomic mass is 32.1. The Hall–Kier alpha value is -0.710. The molecule has 11 heteroatoms. The summed E-state index contributed by atoms with van der Waals surface area (Å²) in [6.45, 7) is -0.176. The highest BCUT2D eigenvalue weighted by molar-refractivity contribution is 7.71. The van der Waals surface area contributed by atoms with Crippen LogP contribution in [0.5, 0.6) is 0 Å². The summed E-state index contributed by atoms with van der Waals surface area (Å²) in [6.07, 6.45) is -2.98. The van der Waals surface area contributed by atoms with E-state index in [1.165, 1.54) is 16.8 Å². The van der Waals surface area contributed by atoms with Crippen LogP contribution in [0.3, 0.4) is 0 Å². The largest absolute Gasteiger partial charge is 0.387 e. The average Bonchev–Trinajstić information content (AvgIpc) is 2.64. The third-order valence-corrected chi connectivity index (χ3v) is 3.56. The van der Waals surface area contributed by atoms with Gasteiger partial charge in [0.25, 0.3) is 5.56 Å². The minimum Gasteiger partial charge on any atom is -0.387 e. The summed E-state index contributed by atoms with van der Waals surface area (Å²) in [5, 5.41) is 19.8. The van der Waals surface area contributed by atoms with Crippen LogP contribution in [0.1, 0.15) is 6.23 Å². The zero-order valence-corrected chi connectivity index (χ0v) is 11.8. The molecule has 2 heterocycles. The molecule has 0 bridgehead atoms. The second-order valence-electron chi connectivity index (χ2n) is 4.16. The summed E-state index contributed by atoms with van der Waals surface area (Å²) >= 11 is 4.96. The van der Waals surface area contributed by atoms with Crippen LogP contribution in [0, 0.1) is 4.77 Å². The van der Waals surface area contributed by atoms with E-state index in [2.05, 4.69) is 4.98 Å². The molecule has 0 saturated carbocycles. The van der Waals surface area contributed by atoms with Crippen molar-refractivity contribution in [3.8, 4) is 0 Å². The molecule has 1 aliphatic rings. The number of ether oxygens (including phenoxy) is 1. The van der Waals surface area contributed by atoms with Crippen LogP contribution in [0.4, 0.5) is 0 Å². The van der Waals surface area contributed by atoms with E-state index >= 15 is 0 Å². The van der Waals surface area contributed by atoms with Gasteiger partial charge in [0.2, 0.25) is 8.53 Å². The molecule has 1 fully saturated rings. The molecule has 1 unspecified atom stereocenters. The molecule has 6 N–H and O–H groups in total. The van der Waals surface area contributed by atoms with E-state index in [1.54, 1.807) is 0 Å². The van der Waals surface area contributed by atoms with Gasteiger partial charge in [0.1, 0.15) is 18.3 Å². The Balaban J connectivity index is 2.17. The van der Waals surface area contributed by atoms with Crippen molar-refractivity contribution in [2.75, 3.05) is 6.61 Å². The SMILES string of the molecule is NP(O)OC[C@H]1O[C@@H](n2ccc(=O)[nH]c2=S)[C@H](O)[C@@H]1O. The number of aromatic nitrogens is 2. The Bertz CT molecular complexity index is 577. The van der Waals surface area contributed by atoms with Gasteiger partial charge in [-0.15, -0.1) is 0 Å². The number of nitrogens with two attached hydrogens (primary N) is 1. The molecule has 112 valence electrons. The van der Waals surface area contributed by atoms with Gasteiger partial charge in [-0.25, -0.2) is 0 Å². The Morgan fingerprint density at radius 3 is 2.85 bits per heavy atom. The standard InChI is InChI=1S/C9H14N3O6PS/c10-19(16)17-3-4-6(14)7(15)8(18-4)12-2-1-5(13)11-9(12)20/h1-2,4,6-8,14-16H,3,10H2,(H,11,13,20)/t4-,6-,7-,8-,19?/m1/s1. The number of aliphatic hydroxyl groups is 2. The van der Waals surface area contributed by atoms with Gasteiger partial charge >= 0.3 is 0 Å².